The first-order chi connectivity index (χ1) is 7.44. The first-order valence-corrected chi connectivity index (χ1v) is 3.83. The number of rotatable bonds is 6. The molecular formula is C6H6F8O3. The molecule has 0 bridgehead atoms. The lowest BCUT2D eigenvalue weighted by molar-refractivity contribution is -0.450. The molecule has 104 valence electrons. The molecule has 0 aliphatic heterocycles. The molecule has 0 saturated carbocycles. The van der Waals surface area contributed by atoms with E-state index in [4.69, 9.17) is 5.11 Å². The molecule has 0 aromatic heterocycles. The average molecular weight is 278 g/mol. The Hall–Kier alpha value is -0.680. The number of hydrogen-bond donors (Lipinski definition) is 1. The summed E-state index contributed by atoms with van der Waals surface area (Å²) in [7, 11) is 0. The van der Waals surface area contributed by atoms with Crippen molar-refractivity contribution in [3.63, 3.8) is 0 Å². The van der Waals surface area contributed by atoms with Crippen LogP contribution < -0.4 is 0 Å². The van der Waals surface area contributed by atoms with E-state index >= 15 is 0 Å². The van der Waals surface area contributed by atoms with Gasteiger partial charge in [0, 0.05) is 0 Å². The van der Waals surface area contributed by atoms with Crippen molar-refractivity contribution >= 4 is 0 Å². The Morgan fingerprint density at radius 2 is 1.47 bits per heavy atom. The van der Waals surface area contributed by atoms with Crippen LogP contribution >= 0.6 is 0 Å². The molecule has 3 nitrogen and oxygen atoms in total. The molecule has 1 unspecified atom stereocenters. The predicted octanol–water partition coefficient (Wildman–Crippen LogP) is 2.06. The smallest absolute Gasteiger partial charge is 0.394 e. The number of aliphatic hydroxyl groups excluding tert-OH is 1. The maximum absolute atomic E-state index is 12.4. The van der Waals surface area contributed by atoms with Crippen LogP contribution in [0.4, 0.5) is 35.1 Å². The second-order valence-electron chi connectivity index (χ2n) is 2.58. The molecule has 0 heterocycles. The van der Waals surface area contributed by atoms with Gasteiger partial charge in [0.1, 0.15) is 0 Å². The van der Waals surface area contributed by atoms with Crippen molar-refractivity contribution in [2.45, 2.75) is 24.8 Å². The van der Waals surface area contributed by atoms with Crippen LogP contribution in [0.2, 0.25) is 0 Å². The van der Waals surface area contributed by atoms with E-state index in [2.05, 4.69) is 9.47 Å². The van der Waals surface area contributed by atoms with Crippen molar-refractivity contribution < 1.29 is 49.7 Å². The second kappa shape index (κ2) is 5.31. The zero-order valence-corrected chi connectivity index (χ0v) is 7.78. The zero-order valence-electron chi connectivity index (χ0n) is 7.78. The fourth-order valence-corrected chi connectivity index (χ4v) is 0.513. The summed E-state index contributed by atoms with van der Waals surface area (Å²) in [5, 5.41) is 8.02. The lowest BCUT2D eigenvalue weighted by atomic mass is 10.5. The highest BCUT2D eigenvalue weighted by Gasteiger charge is 2.63. The summed E-state index contributed by atoms with van der Waals surface area (Å²) in [5.41, 5.74) is 0. The van der Waals surface area contributed by atoms with Crippen molar-refractivity contribution in [3.8, 4) is 0 Å². The lowest BCUT2D eigenvalue weighted by Gasteiger charge is -2.25. The van der Waals surface area contributed by atoms with Gasteiger partial charge in [-0.2, -0.15) is 30.7 Å². The van der Waals surface area contributed by atoms with Crippen molar-refractivity contribution in [1.29, 1.82) is 0 Å². The van der Waals surface area contributed by atoms with Gasteiger partial charge < -0.3 is 9.84 Å². The quantitative estimate of drug-likeness (QED) is 0.756. The van der Waals surface area contributed by atoms with E-state index in [0.29, 0.717) is 0 Å². The third kappa shape index (κ3) is 4.60. The minimum atomic E-state index is -6.34. The third-order valence-electron chi connectivity index (χ3n) is 1.23. The Bertz CT molecular complexity index is 240. The van der Waals surface area contributed by atoms with E-state index in [-0.39, 0.29) is 0 Å². The monoisotopic (exact) mass is 278 g/mol. The summed E-state index contributed by atoms with van der Waals surface area (Å²) in [6, 6.07) is 0. The molecule has 0 amide bonds. The maximum Gasteiger partial charge on any atom is 0.483 e. The minimum absolute atomic E-state index is 1.02. The number of alkyl halides is 8. The first kappa shape index (κ1) is 16.3. The fraction of sp³-hybridized carbons (Fsp3) is 1.00. The van der Waals surface area contributed by atoms with Gasteiger partial charge in [-0.15, -0.1) is 0 Å². The summed E-state index contributed by atoms with van der Waals surface area (Å²) in [6.45, 7) is -2.19. The normalized spacial score (nSPS) is 16.1. The van der Waals surface area contributed by atoms with Gasteiger partial charge in [-0.3, -0.25) is 4.74 Å². The average Bonchev–Trinajstić information content (AvgIpc) is 2.12. The molecule has 0 aliphatic rings. The Kier molecular flexibility index (Phi) is 5.10. The van der Waals surface area contributed by atoms with Gasteiger partial charge in [0.25, 0.3) is 6.36 Å². The first-order valence-electron chi connectivity index (χ1n) is 3.83. The summed E-state index contributed by atoms with van der Waals surface area (Å²) in [4.78, 5) is 0. The number of ether oxygens (including phenoxy) is 2. The van der Waals surface area contributed by atoms with Gasteiger partial charge in [-0.05, 0) is 0 Å². The molecule has 0 spiro atoms. The van der Waals surface area contributed by atoms with Gasteiger partial charge in [0.05, 0.1) is 13.2 Å². The van der Waals surface area contributed by atoms with Crippen molar-refractivity contribution in [1.82, 2.24) is 0 Å². The maximum atomic E-state index is 12.4. The van der Waals surface area contributed by atoms with E-state index in [9.17, 15) is 35.1 Å². The molecule has 0 aromatic carbocycles. The highest BCUT2D eigenvalue weighted by molar-refractivity contribution is 4.68. The van der Waals surface area contributed by atoms with Crippen LogP contribution in [0.25, 0.3) is 0 Å². The Labute approximate surface area is 88.9 Å². The third-order valence-corrected chi connectivity index (χ3v) is 1.23. The van der Waals surface area contributed by atoms with E-state index in [1.165, 1.54) is 0 Å². The predicted molar refractivity (Wildman–Crippen MR) is 35.0 cm³/mol. The molecule has 0 aliphatic carbocycles. The van der Waals surface area contributed by atoms with Crippen LogP contribution in [0.1, 0.15) is 0 Å². The topological polar surface area (TPSA) is 38.7 Å². The van der Waals surface area contributed by atoms with E-state index in [1.807, 2.05) is 0 Å². The summed E-state index contributed by atoms with van der Waals surface area (Å²) in [6.07, 6.45) is -21.8. The lowest BCUT2D eigenvalue weighted by Crippen LogP contribution is -2.47. The molecular weight excluding hydrogens is 272 g/mol. The highest BCUT2D eigenvalue weighted by atomic mass is 19.4. The molecule has 0 fully saturated rings. The van der Waals surface area contributed by atoms with Crippen molar-refractivity contribution in [2.75, 3.05) is 13.2 Å². The Morgan fingerprint density at radius 3 is 1.82 bits per heavy atom. The van der Waals surface area contributed by atoms with Crippen molar-refractivity contribution in [3.05, 3.63) is 0 Å². The molecule has 1 atom stereocenters. The summed E-state index contributed by atoms with van der Waals surface area (Å²) < 4.78 is 101. The highest BCUT2D eigenvalue weighted by Crippen LogP contribution is 2.39. The van der Waals surface area contributed by atoms with Gasteiger partial charge in [0.2, 0.25) is 0 Å². The Morgan fingerprint density at radius 1 is 1.00 bits per heavy atom. The zero-order chi connectivity index (χ0) is 13.9. The summed E-state index contributed by atoms with van der Waals surface area (Å²) >= 11 is 0. The molecule has 0 saturated heterocycles. The fourth-order valence-electron chi connectivity index (χ4n) is 0.513. The van der Waals surface area contributed by atoms with Crippen LogP contribution in [-0.2, 0) is 9.47 Å². The van der Waals surface area contributed by atoms with Crippen LogP contribution in [0.5, 0.6) is 0 Å². The van der Waals surface area contributed by atoms with E-state index in [1.54, 1.807) is 0 Å². The molecule has 17 heavy (non-hydrogen) atoms. The van der Waals surface area contributed by atoms with Crippen LogP contribution in [0, 0.1) is 0 Å². The molecule has 0 aromatic rings. The summed E-state index contributed by atoms with van der Waals surface area (Å²) in [5.74, 6) is 0. The van der Waals surface area contributed by atoms with Crippen molar-refractivity contribution in [2.24, 2.45) is 0 Å². The van der Waals surface area contributed by atoms with E-state index < -0.39 is 38.0 Å². The Balaban J connectivity index is 4.57. The SMILES string of the molecule is OCCOC(F)(F)C(F)OC(F)(F)C(F)(F)F. The molecule has 0 radical (unpaired) electrons. The van der Waals surface area contributed by atoms with Crippen LogP contribution in [0.15, 0.2) is 0 Å². The van der Waals surface area contributed by atoms with Gasteiger partial charge in [0.15, 0.2) is 0 Å². The van der Waals surface area contributed by atoms with Crippen LogP contribution in [-0.4, -0.2) is 43.1 Å². The standard InChI is InChI=1S/C6H6F8O3/c7-3(4(8,9)16-2-1-15)17-6(13,14)5(10,11)12/h3,15H,1-2H2. The van der Waals surface area contributed by atoms with Gasteiger partial charge in [-0.25, -0.2) is 4.39 Å². The van der Waals surface area contributed by atoms with Crippen LogP contribution in [0.3, 0.4) is 0 Å². The molecule has 11 heteroatoms. The van der Waals surface area contributed by atoms with Gasteiger partial charge in [-0.1, -0.05) is 0 Å². The largest absolute Gasteiger partial charge is 0.483 e. The second-order valence-corrected chi connectivity index (χ2v) is 2.58. The number of halogens is 8. The molecule has 1 N–H and O–H groups in total. The van der Waals surface area contributed by atoms with E-state index in [0.717, 1.165) is 0 Å². The molecule has 0 rings (SSSR count). The number of aliphatic hydroxyl groups is 1. The van der Waals surface area contributed by atoms with Gasteiger partial charge >= 0.3 is 18.4 Å². The minimum Gasteiger partial charge on any atom is -0.394 e. The number of hydrogen-bond acceptors (Lipinski definition) is 3.